The van der Waals surface area contributed by atoms with E-state index >= 15 is 0 Å². The van der Waals surface area contributed by atoms with Crippen molar-refractivity contribution in [3.63, 3.8) is 0 Å². The van der Waals surface area contributed by atoms with Gasteiger partial charge in [-0.05, 0) is 69.5 Å². The average molecular weight is 341 g/mol. The molecule has 2 rings (SSSR count). The quantitative estimate of drug-likeness (QED) is 0.647. The molecule has 0 saturated carbocycles. The van der Waals surface area contributed by atoms with Gasteiger partial charge >= 0.3 is 5.97 Å². The third-order valence-corrected chi connectivity index (χ3v) is 4.06. The van der Waals surface area contributed by atoms with Crippen LogP contribution >= 0.6 is 0 Å². The minimum absolute atomic E-state index is 0.576. The van der Waals surface area contributed by atoms with Crippen molar-refractivity contribution in [2.75, 3.05) is 13.1 Å². The SMILES string of the molecule is CC(C)(Oc1ccc(CCNCCCc2ccccc2)cc1)C(=O)O. The largest absolute Gasteiger partial charge is 0.478 e. The van der Waals surface area contributed by atoms with Crippen molar-refractivity contribution in [3.8, 4) is 5.75 Å². The number of aliphatic carboxylic acids is 1. The summed E-state index contributed by atoms with van der Waals surface area (Å²) in [6.07, 6.45) is 3.16. The minimum Gasteiger partial charge on any atom is -0.478 e. The zero-order valence-corrected chi connectivity index (χ0v) is 15.0. The number of aryl methyl sites for hydroxylation is 1. The van der Waals surface area contributed by atoms with E-state index in [1.165, 1.54) is 11.1 Å². The Morgan fingerprint density at radius 3 is 2.24 bits per heavy atom. The third kappa shape index (κ3) is 6.59. The lowest BCUT2D eigenvalue weighted by atomic mass is 10.1. The zero-order valence-electron chi connectivity index (χ0n) is 15.0. The summed E-state index contributed by atoms with van der Waals surface area (Å²) < 4.78 is 5.50. The van der Waals surface area contributed by atoms with Crippen LogP contribution in [0.2, 0.25) is 0 Å². The lowest BCUT2D eigenvalue weighted by molar-refractivity contribution is -0.152. The molecule has 0 radical (unpaired) electrons. The molecule has 134 valence electrons. The second-order valence-electron chi connectivity index (χ2n) is 6.65. The first kappa shape index (κ1) is 19.0. The lowest BCUT2D eigenvalue weighted by Crippen LogP contribution is -2.37. The lowest BCUT2D eigenvalue weighted by Gasteiger charge is -2.21. The molecule has 0 bridgehead atoms. The van der Waals surface area contributed by atoms with E-state index in [1.807, 2.05) is 30.3 Å². The smallest absolute Gasteiger partial charge is 0.347 e. The molecule has 0 unspecified atom stereocenters. The van der Waals surface area contributed by atoms with Gasteiger partial charge in [-0.2, -0.15) is 0 Å². The van der Waals surface area contributed by atoms with Crippen LogP contribution in [0.5, 0.6) is 5.75 Å². The highest BCUT2D eigenvalue weighted by molar-refractivity contribution is 5.76. The fraction of sp³-hybridized carbons (Fsp3) is 0.381. The number of carboxylic acids is 1. The molecule has 0 aliphatic rings. The number of nitrogens with one attached hydrogen (secondary N) is 1. The Bertz CT molecular complexity index is 651. The van der Waals surface area contributed by atoms with Crippen LogP contribution in [0.4, 0.5) is 0 Å². The fourth-order valence-electron chi connectivity index (χ4n) is 2.48. The molecule has 2 aromatic rings. The van der Waals surface area contributed by atoms with Gasteiger partial charge in [0.25, 0.3) is 0 Å². The minimum atomic E-state index is -1.22. The first-order valence-corrected chi connectivity index (χ1v) is 8.73. The van der Waals surface area contributed by atoms with Gasteiger partial charge in [0, 0.05) is 0 Å². The highest BCUT2D eigenvalue weighted by Gasteiger charge is 2.29. The molecule has 2 N–H and O–H groups in total. The second kappa shape index (κ2) is 9.23. The molecule has 0 aromatic heterocycles. The normalized spacial score (nSPS) is 11.3. The summed E-state index contributed by atoms with van der Waals surface area (Å²) in [4.78, 5) is 11.1. The van der Waals surface area contributed by atoms with Gasteiger partial charge in [0.15, 0.2) is 5.60 Å². The Kier molecular flexibility index (Phi) is 7.02. The molecule has 0 heterocycles. The maximum Gasteiger partial charge on any atom is 0.347 e. The topological polar surface area (TPSA) is 58.6 Å². The summed E-state index contributed by atoms with van der Waals surface area (Å²) in [5.74, 6) is -0.400. The van der Waals surface area contributed by atoms with Crippen molar-refractivity contribution in [3.05, 3.63) is 65.7 Å². The van der Waals surface area contributed by atoms with E-state index in [9.17, 15) is 4.79 Å². The summed E-state index contributed by atoms with van der Waals surface area (Å²) in [6, 6.07) is 18.1. The fourth-order valence-corrected chi connectivity index (χ4v) is 2.48. The van der Waals surface area contributed by atoms with Crippen LogP contribution in [0.25, 0.3) is 0 Å². The van der Waals surface area contributed by atoms with Crippen LogP contribution in [0.15, 0.2) is 54.6 Å². The van der Waals surface area contributed by atoms with Gasteiger partial charge in [0.1, 0.15) is 5.75 Å². The van der Waals surface area contributed by atoms with Crippen LogP contribution < -0.4 is 10.1 Å². The number of ether oxygens (including phenoxy) is 1. The van der Waals surface area contributed by atoms with Crippen molar-refractivity contribution in [2.45, 2.75) is 38.7 Å². The molecular weight excluding hydrogens is 314 g/mol. The average Bonchev–Trinajstić information content (AvgIpc) is 2.60. The Morgan fingerprint density at radius 1 is 0.960 bits per heavy atom. The van der Waals surface area contributed by atoms with E-state index in [0.29, 0.717) is 5.75 Å². The monoisotopic (exact) mass is 341 g/mol. The highest BCUT2D eigenvalue weighted by atomic mass is 16.5. The van der Waals surface area contributed by atoms with Gasteiger partial charge in [0.05, 0.1) is 0 Å². The van der Waals surface area contributed by atoms with E-state index in [1.54, 1.807) is 13.8 Å². The van der Waals surface area contributed by atoms with Gasteiger partial charge in [0.2, 0.25) is 0 Å². The van der Waals surface area contributed by atoms with E-state index in [2.05, 4.69) is 29.6 Å². The Hall–Kier alpha value is -2.33. The molecular formula is C21H27NO3. The van der Waals surface area contributed by atoms with Crippen molar-refractivity contribution in [1.82, 2.24) is 5.32 Å². The number of hydrogen-bond donors (Lipinski definition) is 2. The Balaban J connectivity index is 1.65. The molecule has 0 atom stereocenters. The van der Waals surface area contributed by atoms with Gasteiger partial charge in [-0.25, -0.2) is 4.79 Å². The van der Waals surface area contributed by atoms with Crippen LogP contribution in [0.3, 0.4) is 0 Å². The van der Waals surface area contributed by atoms with E-state index in [-0.39, 0.29) is 0 Å². The van der Waals surface area contributed by atoms with Gasteiger partial charge in [-0.15, -0.1) is 0 Å². The summed E-state index contributed by atoms with van der Waals surface area (Å²) >= 11 is 0. The molecule has 0 aliphatic carbocycles. The maximum atomic E-state index is 11.1. The Labute approximate surface area is 149 Å². The summed E-state index contributed by atoms with van der Waals surface area (Å²) in [5.41, 5.74) is 1.36. The first-order chi connectivity index (χ1) is 12.0. The molecule has 4 heteroatoms. The molecule has 0 amide bonds. The number of hydrogen-bond acceptors (Lipinski definition) is 3. The van der Waals surface area contributed by atoms with Crippen molar-refractivity contribution >= 4 is 5.97 Å². The molecule has 0 spiro atoms. The summed E-state index contributed by atoms with van der Waals surface area (Å²) in [7, 11) is 0. The van der Waals surface area contributed by atoms with E-state index in [4.69, 9.17) is 9.84 Å². The van der Waals surface area contributed by atoms with E-state index in [0.717, 1.165) is 32.4 Å². The third-order valence-electron chi connectivity index (χ3n) is 4.06. The standard InChI is InChI=1S/C21H27NO3/c1-21(2,20(23)24)25-19-12-10-18(11-13-19)14-16-22-15-6-9-17-7-4-3-5-8-17/h3-5,7-8,10-13,22H,6,9,14-16H2,1-2H3,(H,23,24). The van der Waals surface area contributed by atoms with Crippen LogP contribution in [0, 0.1) is 0 Å². The van der Waals surface area contributed by atoms with Crippen LogP contribution in [0.1, 0.15) is 31.4 Å². The maximum absolute atomic E-state index is 11.1. The van der Waals surface area contributed by atoms with Crippen molar-refractivity contribution in [1.29, 1.82) is 0 Å². The zero-order chi connectivity index (χ0) is 18.1. The molecule has 0 fully saturated rings. The van der Waals surface area contributed by atoms with Gasteiger partial charge < -0.3 is 15.2 Å². The number of carboxylic acid groups (broad SMARTS) is 1. The number of rotatable bonds is 10. The molecule has 25 heavy (non-hydrogen) atoms. The molecule has 2 aromatic carbocycles. The van der Waals surface area contributed by atoms with Crippen LogP contribution in [-0.2, 0) is 17.6 Å². The highest BCUT2D eigenvalue weighted by Crippen LogP contribution is 2.19. The summed E-state index contributed by atoms with van der Waals surface area (Å²) in [6.45, 7) is 5.02. The number of benzene rings is 2. The van der Waals surface area contributed by atoms with Crippen molar-refractivity contribution in [2.24, 2.45) is 0 Å². The Morgan fingerprint density at radius 2 is 1.60 bits per heavy atom. The van der Waals surface area contributed by atoms with Gasteiger partial charge in [-0.3, -0.25) is 0 Å². The predicted octanol–water partition coefficient (Wildman–Crippen LogP) is 3.69. The molecule has 0 aliphatic heterocycles. The number of carbonyl (C=O) groups is 1. The summed E-state index contributed by atoms with van der Waals surface area (Å²) in [5, 5.41) is 12.5. The van der Waals surface area contributed by atoms with E-state index < -0.39 is 11.6 Å². The second-order valence-corrected chi connectivity index (χ2v) is 6.65. The van der Waals surface area contributed by atoms with Crippen LogP contribution in [-0.4, -0.2) is 29.8 Å². The van der Waals surface area contributed by atoms with Gasteiger partial charge in [-0.1, -0.05) is 42.5 Å². The first-order valence-electron chi connectivity index (χ1n) is 8.73. The van der Waals surface area contributed by atoms with Crippen molar-refractivity contribution < 1.29 is 14.6 Å². The predicted molar refractivity (Wildman–Crippen MR) is 100 cm³/mol. The molecule has 0 saturated heterocycles. The molecule has 4 nitrogen and oxygen atoms in total.